The first-order valence-corrected chi connectivity index (χ1v) is 3.51. The third-order valence-corrected chi connectivity index (χ3v) is 1.49. The first-order valence-electron chi connectivity index (χ1n) is 3.51. The first-order chi connectivity index (χ1) is 5.65. The van der Waals surface area contributed by atoms with E-state index in [9.17, 15) is 0 Å². The minimum absolute atomic E-state index is 0.336. The molecule has 1 radical (unpaired) electrons. The van der Waals surface area contributed by atoms with E-state index in [2.05, 4.69) is 6.92 Å². The van der Waals surface area contributed by atoms with Gasteiger partial charge in [0.1, 0.15) is 5.75 Å². The molecule has 12 heavy (non-hydrogen) atoms. The average Bonchev–Trinajstić information content (AvgIpc) is 2.01. The third-order valence-electron chi connectivity index (χ3n) is 1.49. The highest BCUT2D eigenvalue weighted by Crippen LogP contribution is 2.28. The summed E-state index contributed by atoms with van der Waals surface area (Å²) >= 11 is 0. The van der Waals surface area contributed by atoms with Crippen LogP contribution < -0.4 is 21.9 Å². The smallest absolute Gasteiger partial charge is 0.123 e. The molecular formula is C8H12N3O. The van der Waals surface area contributed by atoms with Crippen LogP contribution in [0.15, 0.2) is 12.1 Å². The molecule has 0 aliphatic heterocycles. The van der Waals surface area contributed by atoms with Crippen molar-refractivity contribution in [2.75, 3.05) is 23.8 Å². The highest BCUT2D eigenvalue weighted by atomic mass is 16.5. The summed E-state index contributed by atoms with van der Waals surface area (Å²) in [6.45, 7) is 3.86. The van der Waals surface area contributed by atoms with E-state index in [0.29, 0.717) is 29.4 Å². The number of anilines is 3. The molecule has 0 saturated carbocycles. The van der Waals surface area contributed by atoms with E-state index in [1.54, 1.807) is 12.1 Å². The van der Waals surface area contributed by atoms with E-state index in [0.717, 1.165) is 0 Å². The zero-order chi connectivity index (χ0) is 9.14. The highest BCUT2D eigenvalue weighted by molar-refractivity contribution is 5.79. The zero-order valence-corrected chi connectivity index (χ0v) is 6.71. The molecule has 0 fully saturated rings. The van der Waals surface area contributed by atoms with Crippen LogP contribution in [-0.2, 0) is 0 Å². The fourth-order valence-electron chi connectivity index (χ4n) is 0.872. The second-order valence-corrected chi connectivity index (χ2v) is 2.36. The Balaban J connectivity index is 3.04. The Morgan fingerprint density at radius 1 is 1.17 bits per heavy atom. The van der Waals surface area contributed by atoms with Crippen molar-refractivity contribution in [3.8, 4) is 5.75 Å². The van der Waals surface area contributed by atoms with Gasteiger partial charge in [-0.3, -0.25) is 0 Å². The van der Waals surface area contributed by atoms with Gasteiger partial charge in [0, 0.05) is 12.1 Å². The fourth-order valence-corrected chi connectivity index (χ4v) is 0.872. The van der Waals surface area contributed by atoms with E-state index in [1.807, 2.05) is 0 Å². The van der Waals surface area contributed by atoms with Gasteiger partial charge < -0.3 is 21.9 Å². The topological polar surface area (TPSA) is 87.3 Å². The van der Waals surface area contributed by atoms with Gasteiger partial charge >= 0.3 is 0 Å². The van der Waals surface area contributed by atoms with Crippen LogP contribution in [0.1, 0.15) is 0 Å². The summed E-state index contributed by atoms with van der Waals surface area (Å²) in [5.41, 5.74) is 17.9. The first kappa shape index (κ1) is 8.52. The van der Waals surface area contributed by atoms with Gasteiger partial charge in [-0.05, 0) is 6.92 Å². The largest absolute Gasteiger partial charge is 0.493 e. The Morgan fingerprint density at radius 3 is 2.08 bits per heavy atom. The zero-order valence-electron chi connectivity index (χ0n) is 6.71. The average molecular weight is 166 g/mol. The van der Waals surface area contributed by atoms with Crippen molar-refractivity contribution < 1.29 is 4.74 Å². The summed E-state index contributed by atoms with van der Waals surface area (Å²) in [5.74, 6) is 0.592. The third kappa shape index (κ3) is 1.53. The molecule has 0 aromatic heterocycles. The second kappa shape index (κ2) is 3.21. The van der Waals surface area contributed by atoms with Crippen molar-refractivity contribution in [2.45, 2.75) is 0 Å². The number of benzene rings is 1. The molecule has 0 amide bonds. The molecule has 0 heterocycles. The van der Waals surface area contributed by atoms with E-state index in [1.165, 1.54) is 0 Å². The van der Waals surface area contributed by atoms with Crippen molar-refractivity contribution in [2.24, 2.45) is 0 Å². The van der Waals surface area contributed by atoms with Crippen LogP contribution in [0.3, 0.4) is 0 Å². The molecular weight excluding hydrogens is 154 g/mol. The van der Waals surface area contributed by atoms with Gasteiger partial charge in [0.05, 0.1) is 23.7 Å². The number of ether oxygens (including phenoxy) is 1. The lowest BCUT2D eigenvalue weighted by Crippen LogP contribution is -2.01. The minimum atomic E-state index is 0.336. The molecule has 0 atom stereocenters. The normalized spacial score (nSPS) is 9.75. The Bertz CT molecular complexity index is 263. The van der Waals surface area contributed by atoms with Gasteiger partial charge in [-0.25, -0.2) is 0 Å². The molecule has 1 aromatic carbocycles. The van der Waals surface area contributed by atoms with Crippen LogP contribution >= 0.6 is 0 Å². The van der Waals surface area contributed by atoms with Gasteiger partial charge in [-0.15, -0.1) is 0 Å². The summed E-state index contributed by atoms with van der Waals surface area (Å²) in [7, 11) is 0. The van der Waals surface area contributed by atoms with E-state index < -0.39 is 0 Å². The van der Waals surface area contributed by atoms with Gasteiger partial charge in [-0.1, -0.05) is 0 Å². The lowest BCUT2D eigenvalue weighted by atomic mass is 10.2. The van der Waals surface area contributed by atoms with Crippen LogP contribution in [0, 0.1) is 6.92 Å². The Labute approximate surface area is 71.3 Å². The molecule has 1 rings (SSSR count). The van der Waals surface area contributed by atoms with Crippen LogP contribution in [0.25, 0.3) is 0 Å². The predicted octanol–water partition coefficient (Wildman–Crippen LogP) is 0.646. The van der Waals surface area contributed by atoms with Crippen molar-refractivity contribution in [1.29, 1.82) is 0 Å². The summed E-state index contributed by atoms with van der Waals surface area (Å²) in [4.78, 5) is 0. The van der Waals surface area contributed by atoms with Gasteiger partial charge in [0.25, 0.3) is 0 Å². The number of rotatable bonds is 2. The maximum atomic E-state index is 5.55. The van der Waals surface area contributed by atoms with Gasteiger partial charge in [0.2, 0.25) is 0 Å². The number of nitrogens with two attached hydrogens (primary N) is 3. The van der Waals surface area contributed by atoms with Crippen LogP contribution in [0.4, 0.5) is 17.1 Å². The molecule has 0 spiro atoms. The molecule has 4 heteroatoms. The summed E-state index contributed by atoms with van der Waals surface area (Å²) in [6, 6.07) is 3.24. The molecule has 0 bridgehead atoms. The van der Waals surface area contributed by atoms with Crippen LogP contribution in [-0.4, -0.2) is 6.61 Å². The molecule has 1 aromatic rings. The standard InChI is InChI=1S/C8H12N3O/c1-2-12-5-3-6(9)8(11)7(10)4-5/h3-4H,1-2,9-11H2. The monoisotopic (exact) mass is 166 g/mol. The predicted molar refractivity (Wildman–Crippen MR) is 50.5 cm³/mol. The molecule has 65 valence electrons. The maximum absolute atomic E-state index is 5.55. The van der Waals surface area contributed by atoms with E-state index in [-0.39, 0.29) is 0 Å². The molecule has 4 nitrogen and oxygen atoms in total. The number of hydrogen-bond acceptors (Lipinski definition) is 4. The molecule has 0 saturated heterocycles. The second-order valence-electron chi connectivity index (χ2n) is 2.36. The summed E-state index contributed by atoms with van der Waals surface area (Å²) in [6.07, 6.45) is 0. The lowest BCUT2D eigenvalue weighted by molar-refractivity contribution is 0.361. The minimum Gasteiger partial charge on any atom is -0.493 e. The quantitative estimate of drug-likeness (QED) is 0.563. The molecule has 0 unspecified atom stereocenters. The number of nitrogen functional groups attached to an aromatic ring is 3. The van der Waals surface area contributed by atoms with Crippen LogP contribution in [0.2, 0.25) is 0 Å². The summed E-state index contributed by atoms with van der Waals surface area (Å²) in [5, 5.41) is 0. The van der Waals surface area contributed by atoms with Gasteiger partial charge in [0.15, 0.2) is 0 Å². The lowest BCUT2D eigenvalue weighted by Gasteiger charge is -2.08. The van der Waals surface area contributed by atoms with Crippen molar-refractivity contribution in [3.63, 3.8) is 0 Å². The van der Waals surface area contributed by atoms with Crippen molar-refractivity contribution in [3.05, 3.63) is 19.1 Å². The van der Waals surface area contributed by atoms with Crippen molar-refractivity contribution in [1.82, 2.24) is 0 Å². The Morgan fingerprint density at radius 2 is 1.67 bits per heavy atom. The molecule has 0 aliphatic carbocycles. The van der Waals surface area contributed by atoms with Gasteiger partial charge in [-0.2, -0.15) is 0 Å². The SMILES string of the molecule is [CH2]COc1cc(N)c(N)c(N)c1. The molecule has 0 aliphatic rings. The fraction of sp³-hybridized carbons (Fsp3) is 0.125. The number of hydrogen-bond donors (Lipinski definition) is 3. The van der Waals surface area contributed by atoms with Crippen LogP contribution in [0.5, 0.6) is 5.75 Å². The highest BCUT2D eigenvalue weighted by Gasteiger charge is 2.02. The maximum Gasteiger partial charge on any atom is 0.123 e. The Hall–Kier alpha value is -1.58. The van der Waals surface area contributed by atoms with E-state index >= 15 is 0 Å². The van der Waals surface area contributed by atoms with Crippen molar-refractivity contribution >= 4 is 17.1 Å². The Kier molecular flexibility index (Phi) is 2.28. The van der Waals surface area contributed by atoms with E-state index in [4.69, 9.17) is 21.9 Å². The molecule has 6 N–H and O–H groups in total. The summed E-state index contributed by atoms with van der Waals surface area (Å²) < 4.78 is 5.10.